The third kappa shape index (κ3) is 3.63. The average molecular weight is 425 g/mol. The smallest absolute Gasteiger partial charge is 0.265 e. The van der Waals surface area contributed by atoms with E-state index in [9.17, 15) is 4.79 Å². The summed E-state index contributed by atoms with van der Waals surface area (Å²) in [5, 5.41) is 0. The topological polar surface area (TPSA) is 31.2 Å². The summed E-state index contributed by atoms with van der Waals surface area (Å²) in [7, 11) is 0. The van der Waals surface area contributed by atoms with E-state index in [2.05, 4.69) is 43.7 Å². The van der Waals surface area contributed by atoms with Crippen molar-refractivity contribution < 1.29 is 4.74 Å². The molecule has 0 saturated carbocycles. The van der Waals surface area contributed by atoms with Gasteiger partial charge in [-0.2, -0.15) is 0 Å². The van der Waals surface area contributed by atoms with Gasteiger partial charge < -0.3 is 9.30 Å². The van der Waals surface area contributed by atoms with Crippen LogP contribution >= 0.6 is 31.9 Å². The maximum Gasteiger partial charge on any atom is 0.265 e. The van der Waals surface area contributed by atoms with Crippen LogP contribution < -0.4 is 10.3 Å². The van der Waals surface area contributed by atoms with E-state index in [-0.39, 0.29) is 5.56 Å². The van der Waals surface area contributed by atoms with Gasteiger partial charge in [-0.05, 0) is 76.0 Å². The van der Waals surface area contributed by atoms with Gasteiger partial charge in [-0.15, -0.1) is 5.92 Å². The Morgan fingerprint density at radius 1 is 1.18 bits per heavy atom. The fraction of sp³-hybridized carbons (Fsp3) is 0.235. The number of hydrogen-bond donors (Lipinski definition) is 0. The summed E-state index contributed by atoms with van der Waals surface area (Å²) in [6.45, 7) is 4.69. The lowest BCUT2D eigenvalue weighted by Gasteiger charge is -2.14. The van der Waals surface area contributed by atoms with E-state index in [4.69, 9.17) is 4.74 Å². The van der Waals surface area contributed by atoms with Crippen LogP contribution in [-0.4, -0.2) is 11.2 Å². The van der Waals surface area contributed by atoms with Crippen molar-refractivity contribution in [1.82, 2.24) is 4.57 Å². The Bertz CT molecular complexity index is 801. The molecule has 0 aliphatic heterocycles. The van der Waals surface area contributed by atoms with Crippen molar-refractivity contribution in [2.24, 2.45) is 0 Å². The van der Waals surface area contributed by atoms with Gasteiger partial charge in [0.1, 0.15) is 12.4 Å². The molecule has 2 aromatic rings. The van der Waals surface area contributed by atoms with Crippen LogP contribution in [0, 0.1) is 11.8 Å². The van der Waals surface area contributed by atoms with Gasteiger partial charge in [-0.25, -0.2) is 0 Å². The first kappa shape index (κ1) is 16.9. The van der Waals surface area contributed by atoms with Crippen LogP contribution in [0.5, 0.6) is 5.75 Å². The van der Waals surface area contributed by atoms with E-state index in [1.807, 2.05) is 31.2 Å². The Morgan fingerprint density at radius 3 is 2.59 bits per heavy atom. The third-order valence-electron chi connectivity index (χ3n) is 3.15. The first-order valence-corrected chi connectivity index (χ1v) is 8.38. The quantitative estimate of drug-likeness (QED) is 0.678. The molecule has 1 heterocycles. The predicted molar refractivity (Wildman–Crippen MR) is 96.2 cm³/mol. The van der Waals surface area contributed by atoms with E-state index >= 15 is 0 Å². The number of nitrogens with zero attached hydrogens (tertiary/aromatic N) is 1. The summed E-state index contributed by atoms with van der Waals surface area (Å²) in [6.07, 6.45) is 0. The molecule has 0 N–H and O–H groups in total. The van der Waals surface area contributed by atoms with E-state index in [0.717, 1.165) is 21.5 Å². The molecule has 0 spiro atoms. The molecule has 2 rings (SSSR count). The number of ether oxygens (including phenoxy) is 1. The molecule has 0 bridgehead atoms. The summed E-state index contributed by atoms with van der Waals surface area (Å²) in [5.74, 6) is 6.38. The minimum absolute atomic E-state index is 0.0366. The molecule has 114 valence electrons. The molecule has 0 unspecified atom stereocenters. The van der Waals surface area contributed by atoms with Crippen LogP contribution in [0.4, 0.5) is 0 Å². The maximum atomic E-state index is 12.2. The summed E-state index contributed by atoms with van der Waals surface area (Å²) < 4.78 is 8.70. The Hall–Kier alpha value is -1.51. The van der Waals surface area contributed by atoms with Gasteiger partial charge in [-0.1, -0.05) is 5.92 Å². The summed E-state index contributed by atoms with van der Waals surface area (Å²) in [6, 6.07) is 9.41. The molecule has 0 amide bonds. The zero-order valence-corrected chi connectivity index (χ0v) is 15.5. The second kappa shape index (κ2) is 7.66. The Morgan fingerprint density at radius 2 is 1.95 bits per heavy atom. The summed E-state index contributed by atoms with van der Waals surface area (Å²) in [5.41, 5.74) is 1.77. The first-order chi connectivity index (χ1) is 10.6. The Kier molecular flexibility index (Phi) is 5.87. The normalized spacial score (nSPS) is 10.0. The SMILES string of the molecule is CC#CCOc1ccc(-c2ccc(Br)c(=O)n2CC)c(Br)c1. The minimum atomic E-state index is -0.0366. The van der Waals surface area contributed by atoms with Gasteiger partial charge in [0.15, 0.2) is 0 Å². The molecule has 0 aliphatic rings. The predicted octanol–water partition coefficient (Wildman–Crippen LogP) is 4.46. The molecule has 0 saturated heterocycles. The highest BCUT2D eigenvalue weighted by Crippen LogP contribution is 2.31. The van der Waals surface area contributed by atoms with Crippen molar-refractivity contribution in [3.05, 3.63) is 49.6 Å². The second-order valence-electron chi connectivity index (χ2n) is 4.47. The minimum Gasteiger partial charge on any atom is -0.481 e. The van der Waals surface area contributed by atoms with E-state index in [1.54, 1.807) is 17.6 Å². The van der Waals surface area contributed by atoms with Gasteiger partial charge >= 0.3 is 0 Å². The van der Waals surface area contributed by atoms with Gasteiger partial charge in [0.2, 0.25) is 0 Å². The molecule has 22 heavy (non-hydrogen) atoms. The lowest BCUT2D eigenvalue weighted by molar-refractivity contribution is 0.370. The lowest BCUT2D eigenvalue weighted by atomic mass is 10.1. The molecule has 3 nitrogen and oxygen atoms in total. The van der Waals surface area contributed by atoms with Crippen molar-refractivity contribution in [1.29, 1.82) is 0 Å². The van der Waals surface area contributed by atoms with Crippen LogP contribution in [0.2, 0.25) is 0 Å². The molecule has 0 fully saturated rings. The fourth-order valence-corrected chi connectivity index (χ4v) is 2.99. The standard InChI is InChI=1S/C17H15Br2NO2/c1-3-5-10-22-12-6-7-13(15(19)11-12)16-9-8-14(18)17(21)20(16)4-2/h6-9,11H,4,10H2,1-2H3. The highest BCUT2D eigenvalue weighted by atomic mass is 79.9. The summed E-state index contributed by atoms with van der Waals surface area (Å²) in [4.78, 5) is 12.2. The van der Waals surface area contributed by atoms with Crippen molar-refractivity contribution in [3.63, 3.8) is 0 Å². The van der Waals surface area contributed by atoms with Gasteiger partial charge in [0.05, 0.1) is 10.2 Å². The number of halogens is 2. The Balaban J connectivity index is 2.43. The zero-order chi connectivity index (χ0) is 16.1. The van der Waals surface area contributed by atoms with E-state index in [0.29, 0.717) is 17.6 Å². The fourth-order valence-electron chi connectivity index (χ4n) is 2.09. The van der Waals surface area contributed by atoms with Gasteiger partial charge in [0, 0.05) is 16.6 Å². The molecular weight excluding hydrogens is 410 g/mol. The zero-order valence-electron chi connectivity index (χ0n) is 12.3. The number of rotatable bonds is 4. The highest BCUT2D eigenvalue weighted by molar-refractivity contribution is 9.10. The van der Waals surface area contributed by atoms with Crippen LogP contribution in [-0.2, 0) is 6.54 Å². The number of hydrogen-bond acceptors (Lipinski definition) is 2. The second-order valence-corrected chi connectivity index (χ2v) is 6.18. The van der Waals surface area contributed by atoms with Crippen molar-refractivity contribution >= 4 is 31.9 Å². The number of benzene rings is 1. The van der Waals surface area contributed by atoms with Gasteiger partial charge in [0.25, 0.3) is 5.56 Å². The van der Waals surface area contributed by atoms with E-state index in [1.165, 1.54) is 0 Å². The van der Waals surface area contributed by atoms with Crippen molar-refractivity contribution in [3.8, 4) is 28.8 Å². The first-order valence-electron chi connectivity index (χ1n) is 6.80. The molecule has 1 aromatic heterocycles. The largest absolute Gasteiger partial charge is 0.481 e. The van der Waals surface area contributed by atoms with Gasteiger partial charge in [-0.3, -0.25) is 4.79 Å². The molecule has 0 aliphatic carbocycles. The molecular formula is C17H15Br2NO2. The molecule has 0 radical (unpaired) electrons. The molecule has 0 atom stereocenters. The number of pyridine rings is 1. The number of aromatic nitrogens is 1. The highest BCUT2D eigenvalue weighted by Gasteiger charge is 2.11. The van der Waals surface area contributed by atoms with Crippen molar-refractivity contribution in [2.45, 2.75) is 20.4 Å². The van der Waals surface area contributed by atoms with Crippen LogP contribution in [0.3, 0.4) is 0 Å². The maximum absolute atomic E-state index is 12.2. The Labute approximate surface area is 146 Å². The third-order valence-corrected chi connectivity index (χ3v) is 4.41. The molecule has 1 aromatic carbocycles. The summed E-state index contributed by atoms with van der Waals surface area (Å²) >= 11 is 6.84. The van der Waals surface area contributed by atoms with E-state index < -0.39 is 0 Å². The monoisotopic (exact) mass is 423 g/mol. The van der Waals surface area contributed by atoms with Crippen LogP contribution in [0.15, 0.2) is 44.1 Å². The van der Waals surface area contributed by atoms with Crippen molar-refractivity contribution in [2.75, 3.05) is 6.61 Å². The van der Waals surface area contributed by atoms with Crippen LogP contribution in [0.25, 0.3) is 11.3 Å². The lowest BCUT2D eigenvalue weighted by Crippen LogP contribution is -2.21. The van der Waals surface area contributed by atoms with Crippen LogP contribution in [0.1, 0.15) is 13.8 Å². The molecule has 5 heteroatoms. The average Bonchev–Trinajstić information content (AvgIpc) is 2.51.